The van der Waals surface area contributed by atoms with Crippen LogP contribution < -0.4 is 4.72 Å². The molecule has 1 aromatic carbocycles. The third-order valence-electron chi connectivity index (χ3n) is 6.59. The van der Waals surface area contributed by atoms with Crippen molar-refractivity contribution < 1.29 is 50.7 Å². The standard InChI is InChI=1S/C24H30N2O11S/c1-22(2)34-16-12-32-24(19(18(16)35-22)36-23(3,4)37-24)13-33-38(30,31)25-17(27)10-7-11-26-20(28)14-8-5-6-9-15(14)21(26)29/h5-6,8-9,16,18-19H,7,10-13H2,1-4H3,(H,25,27)/t16-,18-,19?,24+/m1/s1. The van der Waals surface area contributed by atoms with Gasteiger partial charge in [-0.2, -0.15) is 8.42 Å². The Hall–Kier alpha value is -2.46. The zero-order chi connectivity index (χ0) is 27.5. The molecule has 0 radical (unpaired) electrons. The smallest absolute Gasteiger partial charge is 0.343 e. The van der Waals surface area contributed by atoms with Crippen LogP contribution in [0.5, 0.6) is 0 Å². The molecule has 208 valence electrons. The number of imide groups is 1. The molecule has 13 nitrogen and oxygen atoms in total. The van der Waals surface area contributed by atoms with E-state index in [9.17, 15) is 22.8 Å². The number of hydrogen-bond acceptors (Lipinski definition) is 11. The molecule has 1 aromatic rings. The van der Waals surface area contributed by atoms with Gasteiger partial charge in [0.25, 0.3) is 11.8 Å². The molecule has 5 rings (SSSR count). The molecule has 4 heterocycles. The van der Waals surface area contributed by atoms with Crippen molar-refractivity contribution in [1.82, 2.24) is 9.62 Å². The number of nitrogens with one attached hydrogen (secondary N) is 1. The molecule has 3 amide bonds. The van der Waals surface area contributed by atoms with Gasteiger partial charge in [-0.1, -0.05) is 12.1 Å². The first-order valence-electron chi connectivity index (χ1n) is 12.2. The summed E-state index contributed by atoms with van der Waals surface area (Å²) in [4.78, 5) is 38.2. The van der Waals surface area contributed by atoms with Crippen molar-refractivity contribution in [2.45, 2.75) is 76.2 Å². The maximum atomic E-state index is 12.6. The van der Waals surface area contributed by atoms with Crippen LogP contribution in [-0.2, 0) is 43.0 Å². The van der Waals surface area contributed by atoms with E-state index in [2.05, 4.69) is 0 Å². The molecule has 0 aliphatic carbocycles. The van der Waals surface area contributed by atoms with Crippen LogP contribution in [0.25, 0.3) is 0 Å². The quantitative estimate of drug-likeness (QED) is 0.454. The molecule has 0 aromatic heterocycles. The van der Waals surface area contributed by atoms with E-state index in [1.807, 2.05) is 4.72 Å². The average molecular weight is 555 g/mol. The number of carbonyl (C=O) groups excluding carboxylic acids is 3. The van der Waals surface area contributed by atoms with Gasteiger partial charge in [0.2, 0.25) is 11.7 Å². The summed E-state index contributed by atoms with van der Waals surface area (Å²) in [5, 5.41) is 0. The second kappa shape index (κ2) is 9.33. The monoisotopic (exact) mass is 554 g/mol. The lowest BCUT2D eigenvalue weighted by Gasteiger charge is -2.40. The summed E-state index contributed by atoms with van der Waals surface area (Å²) < 4.78 is 61.6. The summed E-state index contributed by atoms with van der Waals surface area (Å²) in [7, 11) is -4.56. The molecule has 4 aliphatic heterocycles. The van der Waals surface area contributed by atoms with Crippen LogP contribution in [0.1, 0.15) is 61.3 Å². The average Bonchev–Trinajstić information content (AvgIpc) is 3.38. The van der Waals surface area contributed by atoms with Crippen LogP contribution in [0.2, 0.25) is 0 Å². The first kappa shape index (κ1) is 27.1. The zero-order valence-electron chi connectivity index (χ0n) is 21.4. The van der Waals surface area contributed by atoms with E-state index in [0.717, 1.165) is 4.90 Å². The Morgan fingerprint density at radius 2 is 1.71 bits per heavy atom. The van der Waals surface area contributed by atoms with Gasteiger partial charge in [0.05, 0.1) is 17.7 Å². The predicted molar refractivity (Wildman–Crippen MR) is 127 cm³/mol. The summed E-state index contributed by atoms with van der Waals surface area (Å²) in [5.74, 6) is -5.40. The molecule has 1 unspecified atom stereocenters. The molecular formula is C24H30N2O11S. The van der Waals surface area contributed by atoms with Crippen LogP contribution >= 0.6 is 0 Å². The van der Waals surface area contributed by atoms with E-state index >= 15 is 0 Å². The summed E-state index contributed by atoms with van der Waals surface area (Å²) in [6, 6.07) is 6.42. The number of fused-ring (bicyclic) bond motifs is 4. The Morgan fingerprint density at radius 3 is 2.37 bits per heavy atom. The summed E-state index contributed by atoms with van der Waals surface area (Å²) >= 11 is 0. The third kappa shape index (κ3) is 5.09. The van der Waals surface area contributed by atoms with Crippen molar-refractivity contribution in [2.24, 2.45) is 0 Å². The number of hydrogen-bond donors (Lipinski definition) is 1. The van der Waals surface area contributed by atoms with E-state index < -0.39 is 70.3 Å². The van der Waals surface area contributed by atoms with Gasteiger partial charge < -0.3 is 23.7 Å². The van der Waals surface area contributed by atoms with Gasteiger partial charge in [0.1, 0.15) is 24.9 Å². The number of nitrogens with zero attached hydrogens (tertiary/aromatic N) is 1. The highest BCUT2D eigenvalue weighted by molar-refractivity contribution is 7.85. The fourth-order valence-electron chi connectivity index (χ4n) is 5.17. The molecule has 0 spiro atoms. The molecule has 4 atom stereocenters. The molecule has 1 N–H and O–H groups in total. The van der Waals surface area contributed by atoms with Gasteiger partial charge in [-0.15, -0.1) is 0 Å². The van der Waals surface area contributed by atoms with Crippen molar-refractivity contribution in [1.29, 1.82) is 0 Å². The van der Waals surface area contributed by atoms with Gasteiger partial charge >= 0.3 is 10.3 Å². The highest BCUT2D eigenvalue weighted by Gasteiger charge is 2.65. The van der Waals surface area contributed by atoms with Crippen LogP contribution in [-0.4, -0.2) is 86.5 Å². The van der Waals surface area contributed by atoms with Gasteiger partial charge in [0, 0.05) is 13.0 Å². The minimum atomic E-state index is -4.56. The first-order valence-corrected chi connectivity index (χ1v) is 13.6. The maximum absolute atomic E-state index is 12.6. The van der Waals surface area contributed by atoms with E-state index in [1.54, 1.807) is 52.0 Å². The minimum absolute atomic E-state index is 0.0411. The Bertz CT molecular complexity index is 1230. The summed E-state index contributed by atoms with van der Waals surface area (Å²) in [6.45, 7) is 6.20. The van der Waals surface area contributed by atoms with Crippen LogP contribution in [0.4, 0.5) is 0 Å². The molecular weight excluding hydrogens is 524 g/mol. The Kier molecular flexibility index (Phi) is 6.66. The van der Waals surface area contributed by atoms with E-state index in [-0.39, 0.29) is 26.0 Å². The number of amides is 3. The highest BCUT2D eigenvalue weighted by atomic mass is 32.2. The predicted octanol–water partition coefficient (Wildman–Crippen LogP) is 0.839. The SMILES string of the molecule is CC1(C)O[C@@H]2CO[C@@]3(COS(=O)(=O)NC(=O)CCCN4C(=O)c5ccccc5C4=O)OC(C)(C)OC3[C@@H]2O1. The van der Waals surface area contributed by atoms with Gasteiger partial charge in [-0.05, 0) is 46.2 Å². The van der Waals surface area contributed by atoms with Crippen LogP contribution in [0.3, 0.4) is 0 Å². The molecule has 0 saturated carbocycles. The summed E-state index contributed by atoms with van der Waals surface area (Å²) in [6.07, 6.45) is -2.11. The van der Waals surface area contributed by atoms with Crippen molar-refractivity contribution in [3.05, 3.63) is 35.4 Å². The lowest BCUT2D eigenvalue weighted by Crippen LogP contribution is -2.60. The third-order valence-corrected chi connectivity index (χ3v) is 7.50. The largest absolute Gasteiger partial charge is 0.362 e. The Labute approximate surface area is 219 Å². The number of ether oxygens (including phenoxy) is 5. The minimum Gasteiger partial charge on any atom is -0.343 e. The second-order valence-electron chi connectivity index (χ2n) is 10.5. The fraction of sp³-hybridized carbons (Fsp3) is 0.625. The Balaban J connectivity index is 1.15. The molecule has 4 aliphatic rings. The van der Waals surface area contributed by atoms with E-state index in [1.165, 1.54) is 0 Å². The highest BCUT2D eigenvalue weighted by Crippen LogP contribution is 2.47. The number of carbonyl (C=O) groups is 3. The normalized spacial score (nSPS) is 31.2. The lowest BCUT2D eigenvalue weighted by atomic mass is 9.98. The fourth-order valence-corrected chi connectivity index (χ4v) is 5.93. The molecule has 14 heteroatoms. The Morgan fingerprint density at radius 1 is 1.05 bits per heavy atom. The van der Waals surface area contributed by atoms with Crippen molar-refractivity contribution in [3.63, 3.8) is 0 Å². The topological polar surface area (TPSA) is 156 Å². The number of benzene rings is 1. The lowest BCUT2D eigenvalue weighted by molar-refractivity contribution is -0.290. The molecule has 0 bridgehead atoms. The molecule has 3 saturated heterocycles. The van der Waals surface area contributed by atoms with Crippen molar-refractivity contribution in [3.8, 4) is 0 Å². The van der Waals surface area contributed by atoms with E-state index in [0.29, 0.717) is 11.1 Å². The van der Waals surface area contributed by atoms with Gasteiger partial charge in [0.15, 0.2) is 11.6 Å². The van der Waals surface area contributed by atoms with Crippen molar-refractivity contribution in [2.75, 3.05) is 19.8 Å². The van der Waals surface area contributed by atoms with E-state index in [4.69, 9.17) is 27.9 Å². The second-order valence-corrected chi connectivity index (χ2v) is 11.8. The molecule has 38 heavy (non-hydrogen) atoms. The first-order chi connectivity index (χ1) is 17.7. The van der Waals surface area contributed by atoms with Crippen molar-refractivity contribution >= 4 is 28.0 Å². The summed E-state index contributed by atoms with van der Waals surface area (Å²) in [5.41, 5.74) is 0.595. The van der Waals surface area contributed by atoms with Gasteiger partial charge in [-0.25, -0.2) is 8.91 Å². The maximum Gasteiger partial charge on any atom is 0.362 e. The number of rotatable bonds is 8. The van der Waals surface area contributed by atoms with Crippen LogP contribution in [0, 0.1) is 0 Å². The zero-order valence-corrected chi connectivity index (χ0v) is 22.2. The molecule has 3 fully saturated rings. The van der Waals surface area contributed by atoms with Gasteiger partial charge in [-0.3, -0.25) is 19.3 Å². The van der Waals surface area contributed by atoms with Crippen LogP contribution in [0.15, 0.2) is 24.3 Å².